The molecule has 4 aromatic rings. The summed E-state index contributed by atoms with van der Waals surface area (Å²) in [5.41, 5.74) is 0.852. The Hall–Kier alpha value is -3.86. The van der Waals surface area contributed by atoms with Gasteiger partial charge in [0.05, 0.1) is 7.11 Å². The van der Waals surface area contributed by atoms with E-state index in [2.05, 4.69) is 5.09 Å². The molecule has 1 N–H and O–H groups in total. The molecule has 1 unspecified atom stereocenters. The van der Waals surface area contributed by atoms with Crippen LogP contribution in [0.1, 0.15) is 30.5 Å². The Balaban J connectivity index is 2.01. The number of halogens is 2. The van der Waals surface area contributed by atoms with Gasteiger partial charge in [0.1, 0.15) is 17.2 Å². The first-order chi connectivity index (χ1) is 18.1. The zero-order chi connectivity index (χ0) is 27.3. The lowest BCUT2D eigenvalue weighted by molar-refractivity contribution is -0.146. The van der Waals surface area contributed by atoms with E-state index in [1.165, 1.54) is 31.4 Å². The average molecular weight is 532 g/mol. The summed E-state index contributed by atoms with van der Waals surface area (Å²) >= 11 is 0. The van der Waals surface area contributed by atoms with Crippen LogP contribution in [0.15, 0.2) is 103 Å². The summed E-state index contributed by atoms with van der Waals surface area (Å²) in [6.45, 7) is 3.21. The third-order valence-corrected chi connectivity index (χ3v) is 9.05. The molecule has 0 spiro atoms. The SMILES string of the molecule is COC(=O)C(C)(C)NP(=O)(c1ccccc1)c1ccccc1/C(=C/c1cccc(F)c1)c1cccc(F)c1. The number of ether oxygens (including phenoxy) is 1. The molecule has 0 heterocycles. The second-order valence-corrected chi connectivity index (χ2v) is 11.8. The minimum atomic E-state index is -3.71. The van der Waals surface area contributed by atoms with Crippen molar-refractivity contribution in [2.45, 2.75) is 19.4 Å². The first-order valence-electron chi connectivity index (χ1n) is 12.0. The van der Waals surface area contributed by atoms with Crippen LogP contribution in [-0.4, -0.2) is 18.6 Å². The standard InChI is InChI=1S/C31H28F2NO3P/c1-31(2,30(35)37-3)34-38(36,26-15-5-4-6-16-26)29-18-8-7-17-27(29)28(23-12-10-14-25(33)21-23)20-22-11-9-13-24(32)19-22/h4-21H,1-3H3,(H,34,36)/b28-20+. The van der Waals surface area contributed by atoms with Crippen LogP contribution in [0.5, 0.6) is 0 Å². The van der Waals surface area contributed by atoms with Gasteiger partial charge < -0.3 is 4.74 Å². The Labute approximate surface area is 221 Å². The Kier molecular flexibility index (Phi) is 8.05. The molecule has 0 radical (unpaired) electrons. The molecule has 194 valence electrons. The minimum Gasteiger partial charge on any atom is -0.468 e. The summed E-state index contributed by atoms with van der Waals surface area (Å²) < 4.78 is 48.5. The Morgan fingerprint density at radius 3 is 2.13 bits per heavy atom. The highest BCUT2D eigenvalue weighted by molar-refractivity contribution is 7.77. The van der Waals surface area contributed by atoms with Crippen molar-refractivity contribution in [2.75, 3.05) is 7.11 Å². The number of carbonyl (C=O) groups excluding carboxylic acids is 1. The summed E-state index contributed by atoms with van der Waals surface area (Å²) in [5.74, 6) is -1.44. The smallest absolute Gasteiger partial charge is 0.325 e. The van der Waals surface area contributed by atoms with Crippen LogP contribution in [0.2, 0.25) is 0 Å². The number of methoxy groups -OCH3 is 1. The molecule has 4 aromatic carbocycles. The lowest BCUT2D eigenvalue weighted by Gasteiger charge is -2.31. The van der Waals surface area contributed by atoms with Crippen LogP contribution >= 0.6 is 7.29 Å². The van der Waals surface area contributed by atoms with Crippen molar-refractivity contribution in [1.29, 1.82) is 0 Å². The van der Waals surface area contributed by atoms with E-state index in [1.54, 1.807) is 92.7 Å². The molecular formula is C31H28F2NO3P. The fourth-order valence-electron chi connectivity index (χ4n) is 4.31. The summed E-state index contributed by atoms with van der Waals surface area (Å²) in [4.78, 5) is 12.6. The van der Waals surface area contributed by atoms with Crippen molar-refractivity contribution in [3.63, 3.8) is 0 Å². The quantitative estimate of drug-likeness (QED) is 0.164. The minimum absolute atomic E-state index is 0.412. The van der Waals surface area contributed by atoms with E-state index in [-0.39, 0.29) is 0 Å². The van der Waals surface area contributed by atoms with E-state index in [0.29, 0.717) is 32.9 Å². The van der Waals surface area contributed by atoms with Crippen LogP contribution in [0, 0.1) is 11.6 Å². The molecular weight excluding hydrogens is 503 g/mol. The Morgan fingerprint density at radius 1 is 0.842 bits per heavy atom. The lowest BCUT2D eigenvalue weighted by atomic mass is 9.95. The fraction of sp³-hybridized carbons (Fsp3) is 0.129. The molecule has 4 nitrogen and oxygen atoms in total. The predicted molar refractivity (Wildman–Crippen MR) is 149 cm³/mol. The highest BCUT2D eigenvalue weighted by Crippen LogP contribution is 2.44. The summed E-state index contributed by atoms with van der Waals surface area (Å²) in [6.07, 6.45) is 1.73. The van der Waals surface area contributed by atoms with Crippen LogP contribution in [0.25, 0.3) is 11.6 Å². The number of rotatable bonds is 8. The van der Waals surface area contributed by atoms with Gasteiger partial charge in [-0.2, -0.15) is 0 Å². The lowest BCUT2D eigenvalue weighted by Crippen LogP contribution is -2.49. The summed E-state index contributed by atoms with van der Waals surface area (Å²) in [6, 6.07) is 28.0. The van der Waals surface area contributed by atoms with Crippen molar-refractivity contribution in [3.05, 3.63) is 131 Å². The molecule has 0 aliphatic rings. The topological polar surface area (TPSA) is 55.4 Å². The molecule has 4 rings (SSSR count). The molecule has 7 heteroatoms. The van der Waals surface area contributed by atoms with Gasteiger partial charge in [-0.1, -0.05) is 60.7 Å². The molecule has 0 aliphatic heterocycles. The fourth-order valence-corrected chi connectivity index (χ4v) is 7.14. The van der Waals surface area contributed by atoms with Gasteiger partial charge in [-0.3, -0.25) is 9.36 Å². The number of hydrogen-bond acceptors (Lipinski definition) is 3. The van der Waals surface area contributed by atoms with Gasteiger partial charge in [-0.25, -0.2) is 13.9 Å². The molecule has 0 aliphatic carbocycles. The summed E-state index contributed by atoms with van der Waals surface area (Å²) in [5, 5.41) is 4.00. The van der Waals surface area contributed by atoms with Gasteiger partial charge >= 0.3 is 5.97 Å². The predicted octanol–water partition coefficient (Wildman–Crippen LogP) is 6.32. The van der Waals surface area contributed by atoms with Gasteiger partial charge in [0, 0.05) is 10.6 Å². The van der Waals surface area contributed by atoms with Gasteiger partial charge in [-0.05, 0) is 84.7 Å². The van der Waals surface area contributed by atoms with E-state index in [0.717, 1.165) is 0 Å². The zero-order valence-corrected chi connectivity index (χ0v) is 22.2. The van der Waals surface area contributed by atoms with E-state index < -0.39 is 30.4 Å². The van der Waals surface area contributed by atoms with E-state index in [1.807, 2.05) is 6.07 Å². The number of benzene rings is 4. The van der Waals surface area contributed by atoms with Crippen LogP contribution in [-0.2, 0) is 14.1 Å². The molecule has 0 bridgehead atoms. The molecule has 0 fully saturated rings. The molecule has 0 saturated heterocycles. The van der Waals surface area contributed by atoms with Crippen LogP contribution < -0.4 is 15.7 Å². The Morgan fingerprint density at radius 2 is 1.47 bits per heavy atom. The number of carbonyl (C=O) groups is 1. The normalized spacial score (nSPS) is 13.6. The van der Waals surface area contributed by atoms with E-state index in [9.17, 15) is 13.6 Å². The van der Waals surface area contributed by atoms with E-state index in [4.69, 9.17) is 4.74 Å². The highest BCUT2D eigenvalue weighted by atomic mass is 31.2. The average Bonchev–Trinajstić information content (AvgIpc) is 2.91. The third-order valence-electron chi connectivity index (χ3n) is 6.08. The number of esters is 1. The van der Waals surface area contributed by atoms with Crippen molar-refractivity contribution in [2.24, 2.45) is 0 Å². The molecule has 0 amide bonds. The van der Waals surface area contributed by atoms with E-state index >= 15 is 4.57 Å². The molecule has 0 saturated carbocycles. The van der Waals surface area contributed by atoms with Gasteiger partial charge in [0.2, 0.25) is 7.29 Å². The largest absolute Gasteiger partial charge is 0.468 e. The van der Waals surface area contributed by atoms with Crippen LogP contribution in [0.4, 0.5) is 8.78 Å². The monoisotopic (exact) mass is 531 g/mol. The van der Waals surface area contributed by atoms with Crippen molar-refractivity contribution in [3.8, 4) is 0 Å². The molecule has 38 heavy (non-hydrogen) atoms. The van der Waals surface area contributed by atoms with Crippen molar-refractivity contribution < 1.29 is 22.9 Å². The summed E-state index contributed by atoms with van der Waals surface area (Å²) in [7, 11) is -2.44. The maximum absolute atomic E-state index is 15.1. The van der Waals surface area contributed by atoms with Crippen molar-refractivity contribution >= 4 is 35.5 Å². The maximum atomic E-state index is 15.1. The number of nitrogens with one attached hydrogen (secondary N) is 1. The molecule has 1 atom stereocenters. The second-order valence-electron chi connectivity index (χ2n) is 9.31. The molecule has 0 aromatic heterocycles. The second kappa shape index (κ2) is 11.3. The van der Waals surface area contributed by atoms with Gasteiger partial charge in [0.25, 0.3) is 0 Å². The van der Waals surface area contributed by atoms with Crippen molar-refractivity contribution in [1.82, 2.24) is 5.09 Å². The first-order valence-corrected chi connectivity index (χ1v) is 13.7. The highest BCUT2D eigenvalue weighted by Gasteiger charge is 2.40. The van der Waals surface area contributed by atoms with Crippen LogP contribution in [0.3, 0.4) is 0 Å². The number of hydrogen-bond donors (Lipinski definition) is 1. The van der Waals surface area contributed by atoms with Gasteiger partial charge in [0.15, 0.2) is 0 Å². The first kappa shape index (κ1) is 27.2. The maximum Gasteiger partial charge on any atom is 0.325 e. The van der Waals surface area contributed by atoms with Gasteiger partial charge in [-0.15, -0.1) is 0 Å². The Bertz CT molecular complexity index is 1530. The zero-order valence-electron chi connectivity index (χ0n) is 21.3. The third kappa shape index (κ3) is 5.83.